The zero-order valence-corrected chi connectivity index (χ0v) is 10.9. The summed E-state index contributed by atoms with van der Waals surface area (Å²) >= 11 is 5.90. The highest BCUT2D eigenvalue weighted by molar-refractivity contribution is 6.30. The molecule has 1 unspecified atom stereocenters. The van der Waals surface area contributed by atoms with Crippen LogP contribution in [0.1, 0.15) is 22.8 Å². The Kier molecular flexibility index (Phi) is 2.71. The normalized spacial score (nSPS) is 17.9. The summed E-state index contributed by atoms with van der Waals surface area (Å²) < 4.78 is 0. The summed E-state index contributed by atoms with van der Waals surface area (Å²) in [4.78, 5) is 12.2. The van der Waals surface area contributed by atoms with Crippen LogP contribution < -0.4 is 0 Å². The SMILES string of the molecule is CC1Cc2cccc(-c3ccc(Cl)cc3)c2C1=O. The topological polar surface area (TPSA) is 17.1 Å². The molecule has 2 aromatic rings. The first kappa shape index (κ1) is 11.5. The Labute approximate surface area is 111 Å². The lowest BCUT2D eigenvalue weighted by Gasteiger charge is -2.07. The highest BCUT2D eigenvalue weighted by atomic mass is 35.5. The fourth-order valence-corrected chi connectivity index (χ4v) is 2.73. The number of Topliss-reactive ketones (excluding diaryl/α,β-unsaturated/α-hetero) is 1. The van der Waals surface area contributed by atoms with E-state index >= 15 is 0 Å². The molecule has 2 heteroatoms. The Balaban J connectivity index is 2.18. The number of rotatable bonds is 1. The third-order valence-electron chi connectivity index (χ3n) is 3.53. The highest BCUT2D eigenvalue weighted by Crippen LogP contribution is 2.35. The summed E-state index contributed by atoms with van der Waals surface area (Å²) in [7, 11) is 0. The largest absolute Gasteiger partial charge is 0.294 e. The monoisotopic (exact) mass is 256 g/mol. The standard InChI is InChI=1S/C16H13ClO/c1-10-9-12-3-2-4-14(15(12)16(10)18)11-5-7-13(17)8-6-11/h2-8,10H,9H2,1H3. The van der Waals surface area contributed by atoms with E-state index in [1.165, 1.54) is 5.56 Å². The molecule has 1 aliphatic rings. The number of carbonyl (C=O) groups excluding carboxylic acids is 1. The Morgan fingerprint density at radius 3 is 2.56 bits per heavy atom. The Morgan fingerprint density at radius 1 is 1.11 bits per heavy atom. The van der Waals surface area contributed by atoms with Crippen LogP contribution in [0.25, 0.3) is 11.1 Å². The van der Waals surface area contributed by atoms with Gasteiger partial charge in [0.25, 0.3) is 0 Å². The minimum absolute atomic E-state index is 0.105. The minimum Gasteiger partial charge on any atom is -0.294 e. The summed E-state index contributed by atoms with van der Waals surface area (Å²) in [6, 6.07) is 13.7. The van der Waals surface area contributed by atoms with Gasteiger partial charge in [0.1, 0.15) is 0 Å². The van der Waals surface area contributed by atoms with Crippen molar-refractivity contribution in [2.75, 3.05) is 0 Å². The van der Waals surface area contributed by atoms with Crippen molar-refractivity contribution in [2.45, 2.75) is 13.3 Å². The molecule has 1 atom stereocenters. The van der Waals surface area contributed by atoms with E-state index in [0.29, 0.717) is 5.02 Å². The number of hydrogen-bond donors (Lipinski definition) is 0. The van der Waals surface area contributed by atoms with Crippen molar-refractivity contribution >= 4 is 17.4 Å². The molecule has 0 bridgehead atoms. The average Bonchev–Trinajstić information content (AvgIpc) is 2.66. The van der Waals surface area contributed by atoms with Gasteiger partial charge in [0.05, 0.1) is 0 Å². The predicted molar refractivity (Wildman–Crippen MR) is 74.1 cm³/mol. The molecular formula is C16H13ClO. The molecule has 0 fully saturated rings. The van der Waals surface area contributed by atoms with E-state index < -0.39 is 0 Å². The Morgan fingerprint density at radius 2 is 1.83 bits per heavy atom. The molecule has 3 rings (SSSR count). The molecular weight excluding hydrogens is 244 g/mol. The molecule has 0 N–H and O–H groups in total. The van der Waals surface area contributed by atoms with Gasteiger partial charge in [-0.1, -0.05) is 48.9 Å². The van der Waals surface area contributed by atoms with Crippen molar-refractivity contribution in [3.63, 3.8) is 0 Å². The van der Waals surface area contributed by atoms with Crippen LogP contribution in [0.15, 0.2) is 42.5 Å². The van der Waals surface area contributed by atoms with Crippen molar-refractivity contribution in [3.05, 3.63) is 58.6 Å². The number of fused-ring (bicyclic) bond motifs is 1. The molecule has 0 radical (unpaired) electrons. The van der Waals surface area contributed by atoms with Gasteiger partial charge < -0.3 is 0 Å². The quantitative estimate of drug-likeness (QED) is 0.740. The van der Waals surface area contributed by atoms with Crippen LogP contribution >= 0.6 is 11.6 Å². The lowest BCUT2D eigenvalue weighted by molar-refractivity contribution is 0.0947. The molecule has 0 spiro atoms. The molecule has 0 amide bonds. The van der Waals surface area contributed by atoms with Gasteiger partial charge >= 0.3 is 0 Å². The summed E-state index contributed by atoms with van der Waals surface area (Å²) in [6.07, 6.45) is 0.857. The van der Waals surface area contributed by atoms with Gasteiger partial charge in [-0.25, -0.2) is 0 Å². The summed E-state index contributed by atoms with van der Waals surface area (Å²) in [5, 5.41) is 0.714. The van der Waals surface area contributed by atoms with E-state index in [1.807, 2.05) is 43.3 Å². The van der Waals surface area contributed by atoms with E-state index in [-0.39, 0.29) is 11.7 Å². The van der Waals surface area contributed by atoms with Crippen LogP contribution in [-0.2, 0) is 6.42 Å². The zero-order chi connectivity index (χ0) is 12.7. The van der Waals surface area contributed by atoms with Crippen LogP contribution in [0, 0.1) is 5.92 Å². The first-order valence-corrected chi connectivity index (χ1v) is 6.46. The lowest BCUT2D eigenvalue weighted by Crippen LogP contribution is -2.04. The fraction of sp³-hybridized carbons (Fsp3) is 0.188. The van der Waals surface area contributed by atoms with E-state index in [1.54, 1.807) is 0 Å². The smallest absolute Gasteiger partial charge is 0.166 e. The van der Waals surface area contributed by atoms with Crippen molar-refractivity contribution in [1.29, 1.82) is 0 Å². The van der Waals surface area contributed by atoms with Gasteiger partial charge in [-0.15, -0.1) is 0 Å². The van der Waals surface area contributed by atoms with Crippen LogP contribution in [0.4, 0.5) is 0 Å². The third kappa shape index (κ3) is 1.75. The molecule has 2 aromatic carbocycles. The van der Waals surface area contributed by atoms with E-state index in [2.05, 4.69) is 6.07 Å². The first-order valence-electron chi connectivity index (χ1n) is 6.09. The zero-order valence-electron chi connectivity index (χ0n) is 10.1. The first-order chi connectivity index (χ1) is 8.66. The summed E-state index contributed by atoms with van der Waals surface area (Å²) in [6.45, 7) is 1.99. The number of hydrogen-bond acceptors (Lipinski definition) is 1. The lowest BCUT2D eigenvalue weighted by atomic mass is 9.96. The van der Waals surface area contributed by atoms with Gasteiger partial charge in [0, 0.05) is 16.5 Å². The van der Waals surface area contributed by atoms with Gasteiger partial charge in [-0.3, -0.25) is 4.79 Å². The second-order valence-corrected chi connectivity index (χ2v) is 5.25. The van der Waals surface area contributed by atoms with E-state index in [0.717, 1.165) is 23.1 Å². The van der Waals surface area contributed by atoms with Gasteiger partial charge in [-0.05, 0) is 35.2 Å². The molecule has 18 heavy (non-hydrogen) atoms. The number of benzene rings is 2. The molecule has 1 aliphatic carbocycles. The molecule has 0 heterocycles. The second-order valence-electron chi connectivity index (χ2n) is 4.82. The van der Waals surface area contributed by atoms with Crippen LogP contribution in [0.5, 0.6) is 0 Å². The van der Waals surface area contributed by atoms with Crippen molar-refractivity contribution < 1.29 is 4.79 Å². The summed E-state index contributed by atoms with van der Waals surface area (Å²) in [5.41, 5.74) is 4.14. The van der Waals surface area contributed by atoms with Gasteiger partial charge in [0.15, 0.2) is 5.78 Å². The Hall–Kier alpha value is -1.60. The number of halogens is 1. The molecule has 0 saturated heterocycles. The predicted octanol–water partition coefficient (Wildman–Crippen LogP) is 4.38. The number of carbonyl (C=O) groups is 1. The van der Waals surface area contributed by atoms with Crippen LogP contribution in [-0.4, -0.2) is 5.78 Å². The Bertz CT molecular complexity index is 613. The molecule has 90 valence electrons. The van der Waals surface area contributed by atoms with E-state index in [4.69, 9.17) is 11.6 Å². The molecule has 0 saturated carbocycles. The fourth-order valence-electron chi connectivity index (χ4n) is 2.60. The molecule has 1 nitrogen and oxygen atoms in total. The van der Waals surface area contributed by atoms with Gasteiger partial charge in [0.2, 0.25) is 0 Å². The minimum atomic E-state index is 0.105. The molecule has 0 aliphatic heterocycles. The highest BCUT2D eigenvalue weighted by Gasteiger charge is 2.29. The van der Waals surface area contributed by atoms with Gasteiger partial charge in [-0.2, -0.15) is 0 Å². The third-order valence-corrected chi connectivity index (χ3v) is 3.78. The summed E-state index contributed by atoms with van der Waals surface area (Å²) in [5.74, 6) is 0.365. The average molecular weight is 257 g/mol. The maximum atomic E-state index is 12.2. The van der Waals surface area contributed by atoms with Crippen molar-refractivity contribution in [2.24, 2.45) is 5.92 Å². The van der Waals surface area contributed by atoms with Crippen molar-refractivity contribution in [3.8, 4) is 11.1 Å². The molecule has 0 aromatic heterocycles. The number of ketones is 1. The second kappa shape index (κ2) is 4.25. The van der Waals surface area contributed by atoms with E-state index in [9.17, 15) is 4.79 Å². The maximum absolute atomic E-state index is 12.2. The van der Waals surface area contributed by atoms with Crippen LogP contribution in [0.2, 0.25) is 5.02 Å². The maximum Gasteiger partial charge on any atom is 0.166 e. The van der Waals surface area contributed by atoms with Crippen molar-refractivity contribution in [1.82, 2.24) is 0 Å². The van der Waals surface area contributed by atoms with Crippen LogP contribution in [0.3, 0.4) is 0 Å².